The van der Waals surface area contributed by atoms with Gasteiger partial charge >= 0.3 is 0 Å². The maximum absolute atomic E-state index is 9.76. The normalized spacial score (nSPS) is 16.6. The lowest BCUT2D eigenvalue weighted by molar-refractivity contribution is -0.110. The molecule has 0 aliphatic heterocycles. The van der Waals surface area contributed by atoms with E-state index in [-0.39, 0.29) is 19.8 Å². The summed E-state index contributed by atoms with van der Waals surface area (Å²) in [7, 11) is 0. The van der Waals surface area contributed by atoms with Crippen molar-refractivity contribution in [3.05, 3.63) is 25.3 Å². The molecular formula is C19H29N5O4. The van der Waals surface area contributed by atoms with Crippen LogP contribution in [0, 0.1) is 0 Å². The monoisotopic (exact) mass is 391 g/mol. The number of aromatic nitrogens is 4. The number of aliphatic hydroxyl groups excluding tert-OH is 3. The second-order valence-corrected chi connectivity index (χ2v) is 7.01. The van der Waals surface area contributed by atoms with Crippen molar-refractivity contribution in [2.75, 3.05) is 31.3 Å². The zero-order valence-electron chi connectivity index (χ0n) is 16.0. The highest BCUT2D eigenvalue weighted by atomic mass is 16.5. The molecule has 1 atom stereocenters. The molecule has 0 saturated heterocycles. The topological polar surface area (TPSA) is 117 Å². The summed E-state index contributed by atoms with van der Waals surface area (Å²) in [5.74, 6) is 0.744. The molecule has 0 amide bonds. The lowest BCUT2D eigenvalue weighted by Crippen LogP contribution is -2.37. The minimum absolute atomic E-state index is 0.347. The molecule has 0 bridgehead atoms. The molecule has 3 rings (SSSR count). The van der Waals surface area contributed by atoms with Crippen LogP contribution in [-0.4, -0.2) is 73.3 Å². The van der Waals surface area contributed by atoms with Crippen molar-refractivity contribution in [3.63, 3.8) is 0 Å². The number of hydrogen-bond acceptors (Lipinski definition) is 8. The number of hydrogen-bond donors (Lipinski definition) is 3. The number of nitrogens with zero attached hydrogens (tertiary/aromatic N) is 5. The molecule has 2 heterocycles. The summed E-state index contributed by atoms with van der Waals surface area (Å²) >= 11 is 0. The minimum Gasteiger partial charge on any atom is -0.394 e. The highest BCUT2D eigenvalue weighted by molar-refractivity contribution is 5.83. The molecule has 1 saturated carbocycles. The SMILES string of the molecule is C=CCN(c1ncnc2c1ncn2C(CO)OC(CO)CO)C1CCCCC1. The molecular weight excluding hydrogens is 362 g/mol. The fourth-order valence-corrected chi connectivity index (χ4v) is 3.76. The molecule has 1 unspecified atom stereocenters. The molecule has 1 fully saturated rings. The lowest BCUT2D eigenvalue weighted by Gasteiger charge is -2.34. The minimum atomic E-state index is -0.820. The van der Waals surface area contributed by atoms with Crippen LogP contribution in [0.15, 0.2) is 25.3 Å². The molecule has 3 N–H and O–H groups in total. The summed E-state index contributed by atoms with van der Waals surface area (Å²) in [5.41, 5.74) is 1.16. The standard InChI is InChI=1S/C19H29N5O4/c1-2-8-23(14-6-4-3-5-7-14)18-17-19(21-12-20-18)24(13-22-17)16(11-27)28-15(9-25)10-26/h2,12-16,25-27H,1,3-11H2. The van der Waals surface area contributed by atoms with E-state index in [2.05, 4.69) is 26.4 Å². The van der Waals surface area contributed by atoms with Crippen molar-refractivity contribution in [1.29, 1.82) is 0 Å². The third-order valence-corrected chi connectivity index (χ3v) is 5.18. The van der Waals surface area contributed by atoms with Crippen LogP contribution < -0.4 is 4.90 Å². The quantitative estimate of drug-likeness (QED) is 0.514. The van der Waals surface area contributed by atoms with Gasteiger partial charge in [0, 0.05) is 12.6 Å². The van der Waals surface area contributed by atoms with Crippen LogP contribution in [0.5, 0.6) is 0 Å². The van der Waals surface area contributed by atoms with Gasteiger partial charge in [-0.15, -0.1) is 6.58 Å². The van der Waals surface area contributed by atoms with Gasteiger partial charge in [0.05, 0.1) is 26.1 Å². The second-order valence-electron chi connectivity index (χ2n) is 7.01. The lowest BCUT2D eigenvalue weighted by atomic mass is 9.94. The molecule has 1 aliphatic carbocycles. The van der Waals surface area contributed by atoms with Crippen LogP contribution in [0.2, 0.25) is 0 Å². The predicted octanol–water partition coefficient (Wildman–Crippen LogP) is 1.01. The van der Waals surface area contributed by atoms with Gasteiger partial charge in [0.2, 0.25) is 0 Å². The first kappa shape index (κ1) is 20.7. The number of rotatable bonds is 10. The van der Waals surface area contributed by atoms with Crippen molar-refractivity contribution in [3.8, 4) is 0 Å². The summed E-state index contributed by atoms with van der Waals surface area (Å²) in [5, 5.41) is 28.3. The molecule has 1 aliphatic rings. The molecule has 0 aromatic carbocycles. The fraction of sp³-hybridized carbons (Fsp3) is 0.632. The summed E-state index contributed by atoms with van der Waals surface area (Å²) in [4.78, 5) is 15.6. The van der Waals surface area contributed by atoms with E-state index in [0.717, 1.165) is 18.7 Å². The molecule has 28 heavy (non-hydrogen) atoms. The fourth-order valence-electron chi connectivity index (χ4n) is 3.76. The second kappa shape index (κ2) is 9.92. The summed E-state index contributed by atoms with van der Waals surface area (Å²) in [6.07, 6.45) is 9.16. The van der Waals surface area contributed by atoms with Crippen LogP contribution >= 0.6 is 0 Å². The maximum atomic E-state index is 9.76. The Balaban J connectivity index is 1.95. The van der Waals surface area contributed by atoms with Gasteiger partial charge < -0.3 is 25.0 Å². The summed E-state index contributed by atoms with van der Waals surface area (Å²) in [6, 6.07) is 0.382. The molecule has 0 radical (unpaired) electrons. The zero-order chi connectivity index (χ0) is 19.9. The van der Waals surface area contributed by atoms with E-state index in [9.17, 15) is 15.3 Å². The van der Waals surface area contributed by atoms with Crippen molar-refractivity contribution in [1.82, 2.24) is 19.5 Å². The maximum Gasteiger partial charge on any atom is 0.167 e. The first-order valence-corrected chi connectivity index (χ1v) is 9.76. The van der Waals surface area contributed by atoms with E-state index in [1.165, 1.54) is 25.6 Å². The molecule has 2 aromatic heterocycles. The third kappa shape index (κ3) is 4.33. The highest BCUT2D eigenvalue weighted by Gasteiger charge is 2.26. The van der Waals surface area contributed by atoms with Crippen molar-refractivity contribution >= 4 is 17.0 Å². The molecule has 0 spiro atoms. The Morgan fingerprint density at radius 3 is 2.54 bits per heavy atom. The first-order valence-electron chi connectivity index (χ1n) is 9.76. The Bertz CT molecular complexity index is 758. The first-order chi connectivity index (χ1) is 13.7. The Morgan fingerprint density at radius 1 is 1.14 bits per heavy atom. The van der Waals surface area contributed by atoms with Gasteiger partial charge in [-0.05, 0) is 12.8 Å². The zero-order valence-corrected chi connectivity index (χ0v) is 16.0. The average molecular weight is 391 g/mol. The van der Waals surface area contributed by atoms with Crippen LogP contribution in [0.4, 0.5) is 5.82 Å². The van der Waals surface area contributed by atoms with E-state index < -0.39 is 12.3 Å². The smallest absolute Gasteiger partial charge is 0.167 e. The van der Waals surface area contributed by atoms with Crippen molar-refractivity contribution in [2.24, 2.45) is 0 Å². The largest absolute Gasteiger partial charge is 0.394 e. The predicted molar refractivity (Wildman–Crippen MR) is 105 cm³/mol. The molecule has 154 valence electrons. The average Bonchev–Trinajstić information content (AvgIpc) is 3.18. The van der Waals surface area contributed by atoms with Crippen molar-refractivity contribution in [2.45, 2.75) is 50.5 Å². The van der Waals surface area contributed by atoms with Crippen LogP contribution in [0.1, 0.15) is 38.3 Å². The Labute approximate surface area is 164 Å². The molecule has 9 heteroatoms. The van der Waals surface area contributed by atoms with E-state index in [0.29, 0.717) is 23.8 Å². The summed E-state index contributed by atoms with van der Waals surface area (Å²) in [6.45, 7) is 3.50. The number of aliphatic hydroxyl groups is 3. The Kier molecular flexibility index (Phi) is 7.32. The van der Waals surface area contributed by atoms with Crippen molar-refractivity contribution < 1.29 is 20.1 Å². The summed E-state index contributed by atoms with van der Waals surface area (Å²) < 4.78 is 7.20. The van der Waals surface area contributed by atoms with Gasteiger partial charge in [-0.1, -0.05) is 25.3 Å². The molecule has 9 nitrogen and oxygen atoms in total. The van der Waals surface area contributed by atoms with E-state index in [1.54, 1.807) is 10.9 Å². The Morgan fingerprint density at radius 2 is 1.89 bits per heavy atom. The highest BCUT2D eigenvalue weighted by Crippen LogP contribution is 2.30. The van der Waals surface area contributed by atoms with E-state index >= 15 is 0 Å². The van der Waals surface area contributed by atoms with Gasteiger partial charge in [0.15, 0.2) is 23.2 Å². The third-order valence-electron chi connectivity index (χ3n) is 5.18. The Hall–Kier alpha value is -2.07. The van der Waals surface area contributed by atoms with Crippen LogP contribution in [0.25, 0.3) is 11.2 Å². The number of anilines is 1. The van der Waals surface area contributed by atoms with Gasteiger partial charge in [0.1, 0.15) is 12.4 Å². The van der Waals surface area contributed by atoms with Gasteiger partial charge in [-0.2, -0.15) is 0 Å². The van der Waals surface area contributed by atoms with Gasteiger partial charge in [-0.25, -0.2) is 15.0 Å². The van der Waals surface area contributed by atoms with E-state index in [1.807, 2.05) is 6.08 Å². The number of ether oxygens (including phenoxy) is 1. The molecule has 2 aromatic rings. The van der Waals surface area contributed by atoms with Gasteiger partial charge in [0.25, 0.3) is 0 Å². The van der Waals surface area contributed by atoms with Crippen LogP contribution in [-0.2, 0) is 4.74 Å². The van der Waals surface area contributed by atoms with E-state index in [4.69, 9.17) is 4.74 Å². The van der Waals surface area contributed by atoms with Crippen LogP contribution in [0.3, 0.4) is 0 Å². The number of imidazole rings is 1. The van der Waals surface area contributed by atoms with Gasteiger partial charge in [-0.3, -0.25) is 4.57 Å². The number of fused-ring (bicyclic) bond motifs is 1.